The second-order valence-corrected chi connectivity index (χ2v) is 7.28. The molecular weight excluding hydrogens is 420 g/mol. The summed E-state index contributed by atoms with van der Waals surface area (Å²) in [4.78, 5) is 31.1. The van der Waals surface area contributed by atoms with Crippen LogP contribution >= 0.6 is 11.6 Å². The Morgan fingerprint density at radius 2 is 1.77 bits per heavy atom. The molecule has 0 radical (unpaired) electrons. The Labute approximate surface area is 182 Å². The van der Waals surface area contributed by atoms with E-state index >= 15 is 0 Å². The number of benzene rings is 2. The third kappa shape index (κ3) is 3.75. The van der Waals surface area contributed by atoms with Gasteiger partial charge < -0.3 is 14.0 Å². The molecule has 8 nitrogen and oxygen atoms in total. The molecule has 0 spiro atoms. The summed E-state index contributed by atoms with van der Waals surface area (Å²) >= 11 is 6.32. The van der Waals surface area contributed by atoms with Gasteiger partial charge >= 0.3 is 5.69 Å². The molecule has 0 N–H and O–H groups in total. The van der Waals surface area contributed by atoms with Crippen molar-refractivity contribution < 1.29 is 9.47 Å². The maximum absolute atomic E-state index is 13.3. The van der Waals surface area contributed by atoms with Gasteiger partial charge in [0.05, 0.1) is 38.8 Å². The van der Waals surface area contributed by atoms with Gasteiger partial charge in [-0.1, -0.05) is 41.9 Å². The highest BCUT2D eigenvalue weighted by molar-refractivity contribution is 6.31. The number of rotatable bonds is 7. The summed E-state index contributed by atoms with van der Waals surface area (Å²) in [6.45, 7) is 0.654. The first-order chi connectivity index (χ1) is 15.1. The molecule has 2 heterocycles. The molecule has 0 saturated heterocycles. The molecule has 0 atom stereocenters. The predicted octanol–water partition coefficient (Wildman–Crippen LogP) is 2.71. The third-order valence-corrected chi connectivity index (χ3v) is 5.41. The number of nitrogens with zero attached hydrogens (tertiary/aromatic N) is 4. The lowest BCUT2D eigenvalue weighted by Gasteiger charge is -2.15. The lowest BCUT2D eigenvalue weighted by molar-refractivity contribution is 0.184. The van der Waals surface area contributed by atoms with E-state index in [0.717, 1.165) is 10.1 Å². The minimum atomic E-state index is -0.512. The first kappa shape index (κ1) is 20.9. The molecule has 0 saturated carbocycles. The van der Waals surface area contributed by atoms with Gasteiger partial charge in [-0.05, 0) is 23.8 Å². The molecule has 9 heteroatoms. The summed E-state index contributed by atoms with van der Waals surface area (Å²) in [6, 6.07) is 14.5. The van der Waals surface area contributed by atoms with Gasteiger partial charge in [-0.15, -0.1) is 0 Å². The van der Waals surface area contributed by atoms with Crippen molar-refractivity contribution in [2.24, 2.45) is 0 Å². The van der Waals surface area contributed by atoms with Crippen molar-refractivity contribution in [2.45, 2.75) is 13.1 Å². The van der Waals surface area contributed by atoms with E-state index in [-0.39, 0.29) is 18.8 Å². The van der Waals surface area contributed by atoms with Crippen LogP contribution in [0.25, 0.3) is 16.9 Å². The standard InChI is InChI=1S/C22H21ClN4O4/c1-30-12-11-26-21(28)19-20(24-14-25(19)13-15-7-3-4-8-16(15)23)27(22(26)29)17-9-5-6-10-18(17)31-2/h3-10,14H,11-13H2,1-2H3. The topological polar surface area (TPSA) is 80.3 Å². The summed E-state index contributed by atoms with van der Waals surface area (Å²) in [5.74, 6) is 0.489. The van der Waals surface area contributed by atoms with E-state index in [4.69, 9.17) is 21.1 Å². The van der Waals surface area contributed by atoms with Crippen molar-refractivity contribution in [3.05, 3.63) is 86.3 Å². The molecule has 0 bridgehead atoms. The first-order valence-corrected chi connectivity index (χ1v) is 10.0. The molecule has 0 amide bonds. The number of aromatic nitrogens is 4. The Hall–Kier alpha value is -3.36. The molecule has 4 rings (SSSR count). The summed E-state index contributed by atoms with van der Waals surface area (Å²) in [6.07, 6.45) is 1.54. The number of halogens is 1. The Morgan fingerprint density at radius 1 is 1.03 bits per heavy atom. The van der Waals surface area contributed by atoms with Crippen LogP contribution in [-0.2, 0) is 17.8 Å². The monoisotopic (exact) mass is 440 g/mol. The predicted molar refractivity (Wildman–Crippen MR) is 119 cm³/mol. The van der Waals surface area contributed by atoms with Crippen LogP contribution in [-0.4, -0.2) is 39.5 Å². The van der Waals surface area contributed by atoms with Crippen LogP contribution in [0.3, 0.4) is 0 Å². The smallest absolute Gasteiger partial charge is 0.337 e. The molecule has 4 aromatic rings. The zero-order chi connectivity index (χ0) is 22.0. The molecule has 0 unspecified atom stereocenters. The fourth-order valence-corrected chi connectivity index (χ4v) is 3.72. The van der Waals surface area contributed by atoms with E-state index in [0.29, 0.717) is 28.5 Å². The van der Waals surface area contributed by atoms with Gasteiger partial charge in [0.15, 0.2) is 11.2 Å². The number of fused-ring (bicyclic) bond motifs is 1. The van der Waals surface area contributed by atoms with E-state index < -0.39 is 11.2 Å². The third-order valence-electron chi connectivity index (χ3n) is 5.04. The number of hydrogen-bond donors (Lipinski definition) is 0. The van der Waals surface area contributed by atoms with E-state index in [1.165, 1.54) is 18.8 Å². The number of imidazole rings is 1. The van der Waals surface area contributed by atoms with Crippen LogP contribution in [0.1, 0.15) is 5.56 Å². The average Bonchev–Trinajstić information content (AvgIpc) is 3.19. The molecule has 31 heavy (non-hydrogen) atoms. The Balaban J connectivity index is 2.02. The van der Waals surface area contributed by atoms with Crippen molar-refractivity contribution in [2.75, 3.05) is 20.8 Å². The fraction of sp³-hybridized carbons (Fsp3) is 0.227. The zero-order valence-corrected chi connectivity index (χ0v) is 17.9. The lowest BCUT2D eigenvalue weighted by atomic mass is 10.2. The zero-order valence-electron chi connectivity index (χ0n) is 17.1. The van der Waals surface area contributed by atoms with Crippen molar-refractivity contribution in [3.63, 3.8) is 0 Å². The van der Waals surface area contributed by atoms with E-state index in [1.807, 2.05) is 24.3 Å². The molecule has 160 valence electrons. The van der Waals surface area contributed by atoms with E-state index in [1.54, 1.807) is 35.2 Å². The Bertz CT molecular complexity index is 1360. The van der Waals surface area contributed by atoms with Gasteiger partial charge in [0.2, 0.25) is 0 Å². The van der Waals surface area contributed by atoms with Gasteiger partial charge in [-0.25, -0.2) is 14.3 Å². The summed E-state index contributed by atoms with van der Waals surface area (Å²) < 4.78 is 14.8. The quantitative estimate of drug-likeness (QED) is 0.441. The fourth-order valence-electron chi connectivity index (χ4n) is 3.52. The maximum Gasteiger partial charge on any atom is 0.337 e. The SMILES string of the molecule is COCCn1c(=O)c2c(ncn2Cc2ccccc2Cl)n(-c2ccccc2OC)c1=O. The minimum absolute atomic E-state index is 0.108. The van der Waals surface area contributed by atoms with Crippen LogP contribution in [0.5, 0.6) is 5.75 Å². The average molecular weight is 441 g/mol. The molecule has 0 aliphatic rings. The second-order valence-electron chi connectivity index (χ2n) is 6.88. The van der Waals surface area contributed by atoms with Gasteiger partial charge in [-0.2, -0.15) is 0 Å². The van der Waals surface area contributed by atoms with E-state index in [2.05, 4.69) is 4.98 Å². The van der Waals surface area contributed by atoms with Crippen LogP contribution in [0.15, 0.2) is 64.4 Å². The van der Waals surface area contributed by atoms with Crippen molar-refractivity contribution in [3.8, 4) is 11.4 Å². The van der Waals surface area contributed by atoms with Gasteiger partial charge in [0, 0.05) is 12.1 Å². The van der Waals surface area contributed by atoms with Gasteiger partial charge in [0.25, 0.3) is 5.56 Å². The molecule has 2 aromatic heterocycles. The molecule has 0 fully saturated rings. The van der Waals surface area contributed by atoms with Crippen LogP contribution in [0.4, 0.5) is 0 Å². The number of ether oxygens (including phenoxy) is 2. The first-order valence-electron chi connectivity index (χ1n) is 9.63. The summed E-state index contributed by atoms with van der Waals surface area (Å²) in [7, 11) is 3.04. The minimum Gasteiger partial charge on any atom is -0.495 e. The molecule has 2 aromatic carbocycles. The normalized spacial score (nSPS) is 11.2. The number of para-hydroxylation sites is 2. The van der Waals surface area contributed by atoms with Gasteiger partial charge in [0.1, 0.15) is 5.75 Å². The molecule has 0 aliphatic heterocycles. The highest BCUT2D eigenvalue weighted by Crippen LogP contribution is 2.24. The van der Waals surface area contributed by atoms with Crippen LogP contribution < -0.4 is 16.0 Å². The van der Waals surface area contributed by atoms with Gasteiger partial charge in [-0.3, -0.25) is 9.36 Å². The van der Waals surface area contributed by atoms with Crippen LogP contribution in [0.2, 0.25) is 5.02 Å². The number of methoxy groups -OCH3 is 2. The Morgan fingerprint density at radius 3 is 2.52 bits per heavy atom. The maximum atomic E-state index is 13.3. The highest BCUT2D eigenvalue weighted by Gasteiger charge is 2.21. The Kier molecular flexibility index (Phi) is 5.92. The summed E-state index contributed by atoms with van der Waals surface area (Å²) in [5, 5.41) is 0.585. The summed E-state index contributed by atoms with van der Waals surface area (Å²) in [5.41, 5.74) is 0.923. The number of hydrogen-bond acceptors (Lipinski definition) is 5. The molecular formula is C22H21ClN4O4. The van der Waals surface area contributed by atoms with Crippen molar-refractivity contribution in [1.82, 2.24) is 18.7 Å². The van der Waals surface area contributed by atoms with Crippen molar-refractivity contribution in [1.29, 1.82) is 0 Å². The molecule has 0 aliphatic carbocycles. The van der Waals surface area contributed by atoms with Crippen LogP contribution in [0, 0.1) is 0 Å². The lowest BCUT2D eigenvalue weighted by Crippen LogP contribution is -2.41. The van der Waals surface area contributed by atoms with E-state index in [9.17, 15) is 9.59 Å². The second kappa shape index (κ2) is 8.79. The van der Waals surface area contributed by atoms with Crippen molar-refractivity contribution >= 4 is 22.8 Å². The largest absolute Gasteiger partial charge is 0.495 e. The highest BCUT2D eigenvalue weighted by atomic mass is 35.5.